The van der Waals surface area contributed by atoms with Crippen LogP contribution in [0.5, 0.6) is 0 Å². The summed E-state index contributed by atoms with van der Waals surface area (Å²) in [7, 11) is -3.10. The summed E-state index contributed by atoms with van der Waals surface area (Å²) in [5.74, 6) is 0.480. The van der Waals surface area contributed by atoms with Gasteiger partial charge in [0.05, 0.1) is 10.5 Å². The zero-order valence-corrected chi connectivity index (χ0v) is 9.30. The van der Waals surface area contributed by atoms with Crippen molar-refractivity contribution in [2.75, 3.05) is 5.75 Å². The molecule has 1 aromatic rings. The number of aromatic nitrogens is 4. The summed E-state index contributed by atoms with van der Waals surface area (Å²) < 4.78 is 22.6. The first-order valence-electron chi connectivity index (χ1n) is 4.27. The lowest BCUT2D eigenvalue weighted by Gasteiger charge is -2.18. The Labute approximate surface area is 83.0 Å². The predicted molar refractivity (Wildman–Crippen MR) is 51.4 cm³/mol. The number of hydrogen-bond donors (Lipinski definition) is 1. The van der Waals surface area contributed by atoms with Gasteiger partial charge in [-0.2, -0.15) is 5.21 Å². The van der Waals surface area contributed by atoms with E-state index in [9.17, 15) is 8.42 Å². The highest BCUT2D eigenvalue weighted by molar-refractivity contribution is 7.92. The molecular weight excluding hydrogens is 204 g/mol. The zero-order valence-electron chi connectivity index (χ0n) is 8.48. The van der Waals surface area contributed by atoms with E-state index in [1.54, 1.807) is 20.8 Å². The molecule has 0 aliphatic heterocycles. The van der Waals surface area contributed by atoms with E-state index in [0.29, 0.717) is 12.2 Å². The molecule has 1 rings (SSSR count). The van der Waals surface area contributed by atoms with Gasteiger partial charge in [-0.1, -0.05) is 5.21 Å². The molecular formula is C7H14N4O2S. The summed E-state index contributed by atoms with van der Waals surface area (Å²) >= 11 is 0. The monoisotopic (exact) mass is 218 g/mol. The van der Waals surface area contributed by atoms with E-state index in [2.05, 4.69) is 20.6 Å². The van der Waals surface area contributed by atoms with Gasteiger partial charge in [-0.3, -0.25) is 0 Å². The van der Waals surface area contributed by atoms with Crippen LogP contribution in [0.2, 0.25) is 0 Å². The van der Waals surface area contributed by atoms with Crippen molar-refractivity contribution in [1.82, 2.24) is 20.6 Å². The van der Waals surface area contributed by atoms with Crippen LogP contribution in [0.4, 0.5) is 0 Å². The molecule has 0 fully saturated rings. The number of tetrazole rings is 1. The van der Waals surface area contributed by atoms with E-state index in [4.69, 9.17) is 0 Å². The molecule has 14 heavy (non-hydrogen) atoms. The number of H-pyrrole nitrogens is 1. The lowest BCUT2D eigenvalue weighted by molar-refractivity contribution is 0.559. The lowest BCUT2D eigenvalue weighted by Crippen LogP contribution is -2.31. The molecule has 0 bridgehead atoms. The predicted octanol–water partition coefficient (Wildman–Crippen LogP) is -0.0445. The van der Waals surface area contributed by atoms with Crippen LogP contribution in [0, 0.1) is 0 Å². The van der Waals surface area contributed by atoms with Gasteiger partial charge < -0.3 is 0 Å². The van der Waals surface area contributed by atoms with Crippen LogP contribution >= 0.6 is 0 Å². The van der Waals surface area contributed by atoms with Gasteiger partial charge in [0.1, 0.15) is 0 Å². The number of aromatic amines is 1. The molecule has 0 radical (unpaired) electrons. The highest BCUT2D eigenvalue weighted by Crippen LogP contribution is 2.16. The van der Waals surface area contributed by atoms with Crippen LogP contribution < -0.4 is 0 Å². The average Bonchev–Trinajstić information content (AvgIpc) is 2.50. The van der Waals surface area contributed by atoms with Gasteiger partial charge >= 0.3 is 0 Å². The van der Waals surface area contributed by atoms with Crippen LogP contribution in [0.3, 0.4) is 0 Å². The van der Waals surface area contributed by atoms with Gasteiger partial charge in [-0.15, -0.1) is 10.2 Å². The fourth-order valence-electron chi connectivity index (χ4n) is 0.820. The fourth-order valence-corrected chi connectivity index (χ4v) is 1.88. The molecule has 7 heteroatoms. The fraction of sp³-hybridized carbons (Fsp3) is 0.857. The summed E-state index contributed by atoms with van der Waals surface area (Å²) in [6.07, 6.45) is 0.302. The standard InChI is InChI=1S/C7H14N4O2S/c1-7(2,3)14(12,13)5-4-6-8-10-11-9-6/h4-5H2,1-3H3,(H,8,9,10,11). The Hall–Kier alpha value is -0.980. The van der Waals surface area contributed by atoms with Crippen molar-refractivity contribution < 1.29 is 8.42 Å². The molecule has 0 saturated heterocycles. The number of sulfone groups is 1. The van der Waals surface area contributed by atoms with E-state index in [-0.39, 0.29) is 5.75 Å². The van der Waals surface area contributed by atoms with Crippen LogP contribution in [0.25, 0.3) is 0 Å². The third-order valence-corrected chi connectivity index (χ3v) is 4.52. The zero-order chi connectivity index (χ0) is 10.8. The molecule has 0 saturated carbocycles. The van der Waals surface area contributed by atoms with Crippen molar-refractivity contribution in [3.05, 3.63) is 5.82 Å². The maximum absolute atomic E-state index is 11.7. The molecule has 6 nitrogen and oxygen atoms in total. The van der Waals surface area contributed by atoms with Gasteiger partial charge in [0.15, 0.2) is 15.7 Å². The first kappa shape index (κ1) is 11.1. The van der Waals surface area contributed by atoms with Gasteiger partial charge in [-0.25, -0.2) is 8.42 Å². The van der Waals surface area contributed by atoms with Crippen molar-refractivity contribution in [3.63, 3.8) is 0 Å². The van der Waals surface area contributed by atoms with Crippen molar-refractivity contribution in [3.8, 4) is 0 Å². The lowest BCUT2D eigenvalue weighted by atomic mass is 10.3. The van der Waals surface area contributed by atoms with Crippen LogP contribution in [0.1, 0.15) is 26.6 Å². The molecule has 0 aliphatic carbocycles. The first-order chi connectivity index (χ1) is 6.33. The second-order valence-electron chi connectivity index (χ2n) is 4.01. The number of aryl methyl sites for hydroxylation is 1. The van der Waals surface area contributed by atoms with Crippen LogP contribution in [-0.2, 0) is 16.3 Å². The highest BCUT2D eigenvalue weighted by atomic mass is 32.2. The third-order valence-electron chi connectivity index (χ3n) is 1.92. The molecule has 0 aliphatic rings. The van der Waals surface area contributed by atoms with Crippen molar-refractivity contribution in [2.24, 2.45) is 0 Å². The van der Waals surface area contributed by atoms with Crippen LogP contribution in [-0.4, -0.2) is 39.5 Å². The number of rotatable bonds is 3. The van der Waals surface area contributed by atoms with Gasteiger partial charge in [0.2, 0.25) is 0 Å². The Morgan fingerprint density at radius 2 is 2.00 bits per heavy atom. The number of nitrogens with zero attached hydrogens (tertiary/aromatic N) is 3. The quantitative estimate of drug-likeness (QED) is 0.768. The molecule has 0 unspecified atom stereocenters. The summed E-state index contributed by atoms with van der Waals surface area (Å²) in [4.78, 5) is 0. The van der Waals surface area contributed by atoms with Crippen molar-refractivity contribution >= 4 is 9.84 Å². The molecule has 0 atom stereocenters. The molecule has 0 amide bonds. The summed E-state index contributed by atoms with van der Waals surface area (Å²) in [6.45, 7) is 5.04. The Kier molecular flexibility index (Phi) is 2.89. The van der Waals surface area contributed by atoms with E-state index in [1.165, 1.54) is 0 Å². The second-order valence-corrected chi connectivity index (χ2v) is 6.87. The molecule has 0 spiro atoms. The van der Waals surface area contributed by atoms with E-state index in [0.717, 1.165) is 0 Å². The molecule has 1 heterocycles. The van der Waals surface area contributed by atoms with Crippen molar-refractivity contribution in [1.29, 1.82) is 0 Å². The SMILES string of the molecule is CC(C)(C)S(=O)(=O)CCc1nn[nH]n1. The normalized spacial score (nSPS) is 13.1. The number of nitrogens with one attached hydrogen (secondary N) is 1. The largest absolute Gasteiger partial charge is 0.228 e. The Morgan fingerprint density at radius 3 is 2.43 bits per heavy atom. The van der Waals surface area contributed by atoms with Crippen molar-refractivity contribution in [2.45, 2.75) is 31.9 Å². The summed E-state index contributed by atoms with van der Waals surface area (Å²) in [5.41, 5.74) is 0. The topological polar surface area (TPSA) is 88.6 Å². The molecule has 0 aromatic carbocycles. The molecule has 80 valence electrons. The van der Waals surface area contributed by atoms with Gasteiger partial charge in [0.25, 0.3) is 0 Å². The minimum Gasteiger partial charge on any atom is -0.228 e. The Balaban J connectivity index is 2.63. The molecule has 1 aromatic heterocycles. The maximum Gasteiger partial charge on any atom is 0.175 e. The minimum atomic E-state index is -3.10. The highest BCUT2D eigenvalue weighted by Gasteiger charge is 2.28. The second kappa shape index (κ2) is 3.64. The average molecular weight is 218 g/mol. The van der Waals surface area contributed by atoms with Gasteiger partial charge in [0, 0.05) is 6.42 Å². The van der Waals surface area contributed by atoms with Crippen LogP contribution in [0.15, 0.2) is 0 Å². The number of hydrogen-bond acceptors (Lipinski definition) is 5. The summed E-state index contributed by atoms with van der Waals surface area (Å²) in [5, 5.41) is 13.0. The maximum atomic E-state index is 11.7. The molecule has 1 N–H and O–H groups in total. The van der Waals surface area contributed by atoms with E-state index < -0.39 is 14.6 Å². The minimum absolute atomic E-state index is 0.0516. The first-order valence-corrected chi connectivity index (χ1v) is 5.93. The van der Waals surface area contributed by atoms with E-state index in [1.807, 2.05) is 0 Å². The Bertz CT molecular complexity index is 376. The Morgan fingerprint density at radius 1 is 1.36 bits per heavy atom. The van der Waals surface area contributed by atoms with Gasteiger partial charge in [-0.05, 0) is 20.8 Å². The smallest absolute Gasteiger partial charge is 0.175 e. The van der Waals surface area contributed by atoms with E-state index >= 15 is 0 Å². The third kappa shape index (κ3) is 2.50. The summed E-state index contributed by atoms with van der Waals surface area (Å²) in [6, 6.07) is 0.